The van der Waals surface area contributed by atoms with Gasteiger partial charge in [0.25, 0.3) is 0 Å². The van der Waals surface area contributed by atoms with E-state index in [2.05, 4.69) is 38.2 Å². The number of aliphatic imine (C=N–C) groups is 1. The van der Waals surface area contributed by atoms with Crippen LogP contribution in [-0.4, -0.2) is 33.3 Å². The van der Waals surface area contributed by atoms with Gasteiger partial charge in [0.15, 0.2) is 6.19 Å². The van der Waals surface area contributed by atoms with Crippen molar-refractivity contribution in [3.63, 3.8) is 0 Å². The summed E-state index contributed by atoms with van der Waals surface area (Å²) in [5.41, 5.74) is -0.000845. The Morgan fingerprint density at radius 3 is 2.57 bits per heavy atom. The molecule has 1 aliphatic heterocycles. The molecule has 1 aliphatic rings. The van der Waals surface area contributed by atoms with Gasteiger partial charge in [-0.25, -0.2) is 4.99 Å². The third-order valence-corrected chi connectivity index (χ3v) is 5.15. The van der Waals surface area contributed by atoms with Crippen molar-refractivity contribution >= 4 is 34.2 Å². The lowest BCUT2D eigenvalue weighted by atomic mass is 9.95. The highest BCUT2D eigenvalue weighted by atomic mass is 127. The standard InChI is InChI=1S/C16H22IN5O/c1-15(2)9-13(16(3,4)22(15)23)21-14(19-10-18)20-12-8-6-5-7-11(12)17/h5-8,13,23H,9H2,1-4H3,(H2,19,20,21). The Kier molecular flexibility index (Phi) is 5.18. The summed E-state index contributed by atoms with van der Waals surface area (Å²) in [5.74, 6) is 0.390. The molecule has 1 fully saturated rings. The molecule has 23 heavy (non-hydrogen) atoms. The zero-order chi connectivity index (χ0) is 17.3. The number of nitrogens with zero attached hydrogens (tertiary/aromatic N) is 3. The van der Waals surface area contributed by atoms with Crippen LogP contribution >= 0.6 is 22.6 Å². The van der Waals surface area contributed by atoms with Crippen LogP contribution in [0.25, 0.3) is 0 Å². The molecule has 0 saturated carbocycles. The van der Waals surface area contributed by atoms with Crippen molar-refractivity contribution in [1.82, 2.24) is 10.4 Å². The molecule has 3 N–H and O–H groups in total. The normalized spacial score (nSPS) is 23.3. The molecular weight excluding hydrogens is 405 g/mol. The number of halogens is 1. The van der Waals surface area contributed by atoms with E-state index < -0.39 is 5.54 Å². The second-order valence-corrected chi connectivity index (χ2v) is 7.98. The quantitative estimate of drug-likeness (QED) is 0.222. The Labute approximate surface area is 150 Å². The topological polar surface area (TPSA) is 83.7 Å². The Bertz CT molecular complexity index is 650. The number of para-hydroxylation sites is 1. The van der Waals surface area contributed by atoms with Crippen LogP contribution in [-0.2, 0) is 0 Å². The van der Waals surface area contributed by atoms with E-state index in [1.807, 2.05) is 58.2 Å². The van der Waals surface area contributed by atoms with E-state index in [9.17, 15) is 5.21 Å². The second-order valence-electron chi connectivity index (χ2n) is 6.82. The lowest BCUT2D eigenvalue weighted by Crippen LogP contribution is -2.48. The molecule has 0 spiro atoms. The van der Waals surface area contributed by atoms with Gasteiger partial charge in [-0.3, -0.25) is 5.32 Å². The number of guanidine groups is 1. The van der Waals surface area contributed by atoms with Crippen LogP contribution in [0, 0.1) is 15.0 Å². The maximum atomic E-state index is 10.4. The Balaban J connectivity index is 2.29. The number of hydrogen-bond acceptors (Lipinski definition) is 4. The van der Waals surface area contributed by atoms with Gasteiger partial charge in [0.05, 0.1) is 17.3 Å². The maximum absolute atomic E-state index is 10.4. The van der Waals surface area contributed by atoms with Crippen molar-refractivity contribution in [3.8, 4) is 6.19 Å². The number of nitriles is 1. The predicted molar refractivity (Wildman–Crippen MR) is 99.2 cm³/mol. The van der Waals surface area contributed by atoms with Crippen molar-refractivity contribution in [3.05, 3.63) is 27.8 Å². The van der Waals surface area contributed by atoms with Gasteiger partial charge in [0.2, 0.25) is 5.96 Å². The minimum absolute atomic E-state index is 0.146. The third kappa shape index (κ3) is 3.76. The van der Waals surface area contributed by atoms with Gasteiger partial charge in [-0.2, -0.15) is 10.3 Å². The number of anilines is 1. The van der Waals surface area contributed by atoms with Crippen LogP contribution in [0.4, 0.5) is 5.69 Å². The number of benzene rings is 1. The molecule has 0 radical (unpaired) electrons. The Hall–Kier alpha value is -1.37. The molecule has 6 nitrogen and oxygen atoms in total. The van der Waals surface area contributed by atoms with Crippen LogP contribution in [0.15, 0.2) is 29.3 Å². The monoisotopic (exact) mass is 427 g/mol. The number of rotatable bonds is 2. The van der Waals surface area contributed by atoms with Crippen molar-refractivity contribution in [2.24, 2.45) is 4.99 Å². The fourth-order valence-corrected chi connectivity index (χ4v) is 3.45. The molecule has 1 aromatic rings. The van der Waals surface area contributed by atoms with Crippen LogP contribution < -0.4 is 10.6 Å². The number of hydroxylamine groups is 2. The molecule has 0 bridgehead atoms. The van der Waals surface area contributed by atoms with E-state index in [1.54, 1.807) is 0 Å². The van der Waals surface area contributed by atoms with Gasteiger partial charge in [0, 0.05) is 9.11 Å². The minimum atomic E-state index is -0.516. The van der Waals surface area contributed by atoms with Gasteiger partial charge >= 0.3 is 0 Å². The largest absolute Gasteiger partial charge is 0.325 e. The molecule has 1 atom stereocenters. The van der Waals surface area contributed by atoms with Crippen molar-refractivity contribution in [2.75, 3.05) is 5.32 Å². The summed E-state index contributed by atoms with van der Waals surface area (Å²) in [6, 6.07) is 7.64. The summed E-state index contributed by atoms with van der Waals surface area (Å²) in [7, 11) is 0. The summed E-state index contributed by atoms with van der Waals surface area (Å²) in [6.45, 7) is 7.86. The molecule has 1 heterocycles. The summed E-state index contributed by atoms with van der Waals surface area (Å²) >= 11 is 2.23. The first-order chi connectivity index (χ1) is 10.7. The highest BCUT2D eigenvalue weighted by Gasteiger charge is 2.51. The predicted octanol–water partition coefficient (Wildman–Crippen LogP) is 3.15. The highest BCUT2D eigenvalue weighted by molar-refractivity contribution is 14.1. The lowest BCUT2D eigenvalue weighted by Gasteiger charge is -2.35. The van der Waals surface area contributed by atoms with E-state index in [4.69, 9.17) is 5.26 Å². The van der Waals surface area contributed by atoms with E-state index in [1.165, 1.54) is 5.06 Å². The molecule has 124 valence electrons. The first-order valence-electron chi connectivity index (χ1n) is 7.42. The molecule has 2 rings (SSSR count). The van der Waals surface area contributed by atoms with Crippen molar-refractivity contribution < 1.29 is 5.21 Å². The van der Waals surface area contributed by atoms with Gasteiger partial charge in [-0.05, 0) is 68.8 Å². The smallest absolute Gasteiger partial charge is 0.209 e. The fourth-order valence-electron chi connectivity index (χ4n) is 2.93. The van der Waals surface area contributed by atoms with Crippen molar-refractivity contribution in [2.45, 2.75) is 51.2 Å². The molecule has 7 heteroatoms. The molecule has 1 aromatic carbocycles. The molecule has 1 unspecified atom stereocenters. The maximum Gasteiger partial charge on any atom is 0.209 e. The fraction of sp³-hybridized carbons (Fsp3) is 0.500. The van der Waals surface area contributed by atoms with Crippen LogP contribution in [0.2, 0.25) is 0 Å². The summed E-state index contributed by atoms with van der Waals surface area (Å²) < 4.78 is 1.03. The average molecular weight is 427 g/mol. The first kappa shape index (κ1) is 18.0. The Morgan fingerprint density at radius 1 is 1.39 bits per heavy atom. The summed E-state index contributed by atoms with van der Waals surface area (Å²) in [5, 5.41) is 26.5. The summed E-state index contributed by atoms with van der Waals surface area (Å²) in [4.78, 5) is 4.67. The summed E-state index contributed by atoms with van der Waals surface area (Å²) in [6.07, 6.45) is 2.61. The zero-order valence-corrected chi connectivity index (χ0v) is 15.9. The van der Waals surface area contributed by atoms with Crippen LogP contribution in [0.5, 0.6) is 0 Å². The van der Waals surface area contributed by atoms with Gasteiger partial charge in [-0.1, -0.05) is 12.1 Å². The van der Waals surface area contributed by atoms with E-state index in [-0.39, 0.29) is 11.6 Å². The first-order valence-corrected chi connectivity index (χ1v) is 8.50. The Morgan fingerprint density at radius 2 is 2.04 bits per heavy atom. The average Bonchev–Trinajstić information content (AvgIpc) is 2.62. The zero-order valence-electron chi connectivity index (χ0n) is 13.8. The lowest BCUT2D eigenvalue weighted by molar-refractivity contribution is -0.193. The van der Waals surface area contributed by atoms with Gasteiger partial charge in [-0.15, -0.1) is 0 Å². The minimum Gasteiger partial charge on any atom is -0.325 e. The van der Waals surface area contributed by atoms with E-state index in [0.717, 1.165) is 9.26 Å². The van der Waals surface area contributed by atoms with Gasteiger partial charge < -0.3 is 10.5 Å². The highest BCUT2D eigenvalue weighted by Crippen LogP contribution is 2.40. The van der Waals surface area contributed by atoms with Crippen LogP contribution in [0.3, 0.4) is 0 Å². The molecule has 0 amide bonds. The molecular formula is C16H22IN5O. The number of nitrogens with one attached hydrogen (secondary N) is 2. The van der Waals surface area contributed by atoms with E-state index in [0.29, 0.717) is 12.4 Å². The van der Waals surface area contributed by atoms with Crippen LogP contribution in [0.1, 0.15) is 34.1 Å². The third-order valence-electron chi connectivity index (χ3n) is 4.21. The molecule has 0 aliphatic carbocycles. The SMILES string of the molecule is CC1(C)CC(N=C(NC#N)Nc2ccccc2I)C(C)(C)N1O. The molecule has 1 saturated heterocycles. The number of hydrogen-bond donors (Lipinski definition) is 3. The molecule has 0 aromatic heterocycles. The van der Waals surface area contributed by atoms with E-state index >= 15 is 0 Å². The van der Waals surface area contributed by atoms with Crippen molar-refractivity contribution in [1.29, 1.82) is 5.26 Å². The second kappa shape index (κ2) is 6.63. The van der Waals surface area contributed by atoms with Gasteiger partial charge in [0.1, 0.15) is 0 Å².